The lowest BCUT2D eigenvalue weighted by Crippen LogP contribution is -2.60. The molecule has 0 radical (unpaired) electrons. The van der Waals surface area contributed by atoms with Crippen LogP contribution in [0.4, 0.5) is 0 Å². The SMILES string of the molecule is CCC1CN(C(=O)C2CNC(C)CN2)CCCO1. The molecule has 18 heavy (non-hydrogen) atoms. The quantitative estimate of drug-likeness (QED) is 0.727. The third-order valence-corrected chi connectivity index (χ3v) is 3.76. The molecule has 104 valence electrons. The van der Waals surface area contributed by atoms with Crippen molar-refractivity contribution in [1.29, 1.82) is 0 Å². The fourth-order valence-corrected chi connectivity index (χ4v) is 2.52. The van der Waals surface area contributed by atoms with Gasteiger partial charge in [-0.15, -0.1) is 0 Å². The molecule has 5 heteroatoms. The van der Waals surface area contributed by atoms with Gasteiger partial charge in [0.15, 0.2) is 0 Å². The highest BCUT2D eigenvalue weighted by atomic mass is 16.5. The molecule has 0 aromatic heterocycles. The second kappa shape index (κ2) is 6.50. The van der Waals surface area contributed by atoms with Crippen molar-refractivity contribution in [2.45, 2.75) is 44.9 Å². The van der Waals surface area contributed by atoms with Crippen LogP contribution in [0.1, 0.15) is 26.7 Å². The van der Waals surface area contributed by atoms with Gasteiger partial charge in [0, 0.05) is 38.8 Å². The first-order valence-corrected chi connectivity index (χ1v) is 7.08. The third kappa shape index (κ3) is 3.43. The van der Waals surface area contributed by atoms with Crippen LogP contribution in [0, 0.1) is 0 Å². The van der Waals surface area contributed by atoms with Crippen LogP contribution in [-0.2, 0) is 9.53 Å². The Balaban J connectivity index is 1.90. The van der Waals surface area contributed by atoms with Crippen molar-refractivity contribution >= 4 is 5.91 Å². The molecule has 1 amide bonds. The zero-order valence-corrected chi connectivity index (χ0v) is 11.4. The summed E-state index contributed by atoms with van der Waals surface area (Å²) < 4.78 is 5.71. The highest BCUT2D eigenvalue weighted by Gasteiger charge is 2.29. The van der Waals surface area contributed by atoms with E-state index in [-0.39, 0.29) is 18.1 Å². The molecule has 3 atom stereocenters. The molecule has 0 bridgehead atoms. The minimum atomic E-state index is -0.0724. The predicted molar refractivity (Wildman–Crippen MR) is 70.5 cm³/mol. The number of ether oxygens (including phenoxy) is 1. The zero-order valence-electron chi connectivity index (χ0n) is 11.4. The van der Waals surface area contributed by atoms with E-state index < -0.39 is 0 Å². The molecule has 2 N–H and O–H groups in total. The number of hydrogen-bond acceptors (Lipinski definition) is 4. The molecule has 5 nitrogen and oxygen atoms in total. The molecule has 0 spiro atoms. The average molecular weight is 255 g/mol. The maximum Gasteiger partial charge on any atom is 0.241 e. The van der Waals surface area contributed by atoms with E-state index in [1.165, 1.54) is 0 Å². The van der Waals surface area contributed by atoms with Crippen molar-refractivity contribution in [3.8, 4) is 0 Å². The Morgan fingerprint density at radius 3 is 2.89 bits per heavy atom. The van der Waals surface area contributed by atoms with Crippen LogP contribution in [0.5, 0.6) is 0 Å². The van der Waals surface area contributed by atoms with Gasteiger partial charge in [-0.25, -0.2) is 0 Å². The van der Waals surface area contributed by atoms with E-state index in [1.54, 1.807) is 0 Å². The van der Waals surface area contributed by atoms with Crippen LogP contribution >= 0.6 is 0 Å². The van der Waals surface area contributed by atoms with Crippen molar-refractivity contribution in [3.63, 3.8) is 0 Å². The van der Waals surface area contributed by atoms with Crippen molar-refractivity contribution in [2.75, 3.05) is 32.8 Å². The van der Waals surface area contributed by atoms with Gasteiger partial charge in [-0.3, -0.25) is 4.79 Å². The first-order chi connectivity index (χ1) is 8.70. The number of amides is 1. The van der Waals surface area contributed by atoms with Gasteiger partial charge < -0.3 is 20.3 Å². The molecule has 2 fully saturated rings. The Bertz CT molecular complexity index is 277. The first kappa shape index (κ1) is 13.8. The van der Waals surface area contributed by atoms with Gasteiger partial charge in [-0.1, -0.05) is 6.92 Å². The van der Waals surface area contributed by atoms with Gasteiger partial charge in [0.2, 0.25) is 5.91 Å². The Kier molecular flexibility index (Phi) is 4.97. The summed E-state index contributed by atoms with van der Waals surface area (Å²) >= 11 is 0. The molecule has 3 unspecified atom stereocenters. The highest BCUT2D eigenvalue weighted by molar-refractivity contribution is 5.82. The Morgan fingerprint density at radius 1 is 1.39 bits per heavy atom. The van der Waals surface area contributed by atoms with Gasteiger partial charge in [0.1, 0.15) is 0 Å². The standard InChI is InChI=1S/C13H25N3O2/c1-3-11-9-16(5-4-6-18-11)13(17)12-8-14-10(2)7-15-12/h10-12,14-15H,3-9H2,1-2H3. The van der Waals surface area contributed by atoms with Crippen molar-refractivity contribution in [2.24, 2.45) is 0 Å². The topological polar surface area (TPSA) is 53.6 Å². The first-order valence-electron chi connectivity index (χ1n) is 7.08. The number of rotatable bonds is 2. The molecule has 2 saturated heterocycles. The predicted octanol–water partition coefficient (Wildman–Crippen LogP) is -0.0362. The summed E-state index contributed by atoms with van der Waals surface area (Å²) in [5.41, 5.74) is 0. The van der Waals surface area contributed by atoms with Crippen LogP contribution in [0.15, 0.2) is 0 Å². The number of piperazine rings is 1. The number of nitrogens with one attached hydrogen (secondary N) is 2. The van der Waals surface area contributed by atoms with Crippen molar-refractivity contribution in [1.82, 2.24) is 15.5 Å². The lowest BCUT2D eigenvalue weighted by Gasteiger charge is -2.33. The number of carbonyl (C=O) groups is 1. The summed E-state index contributed by atoms with van der Waals surface area (Å²) in [6.45, 7) is 8.16. The lowest BCUT2D eigenvalue weighted by atomic mass is 10.1. The Labute approximate surface area is 109 Å². The monoisotopic (exact) mass is 255 g/mol. The summed E-state index contributed by atoms with van der Waals surface area (Å²) in [4.78, 5) is 14.4. The van der Waals surface area contributed by atoms with Crippen molar-refractivity contribution < 1.29 is 9.53 Å². The molecular weight excluding hydrogens is 230 g/mol. The van der Waals surface area contributed by atoms with E-state index in [4.69, 9.17) is 4.74 Å². The molecule has 0 aromatic rings. The number of nitrogens with zero attached hydrogens (tertiary/aromatic N) is 1. The summed E-state index contributed by atoms with van der Waals surface area (Å²) in [5, 5.41) is 6.68. The van der Waals surface area contributed by atoms with Crippen LogP contribution in [0.2, 0.25) is 0 Å². The summed E-state index contributed by atoms with van der Waals surface area (Å²) in [6, 6.07) is 0.377. The van der Waals surface area contributed by atoms with E-state index in [9.17, 15) is 4.79 Å². The van der Waals surface area contributed by atoms with Crippen molar-refractivity contribution in [3.05, 3.63) is 0 Å². The molecule has 0 saturated carbocycles. The smallest absolute Gasteiger partial charge is 0.241 e. The molecule has 2 aliphatic heterocycles. The van der Waals surface area contributed by atoms with E-state index in [1.807, 2.05) is 4.90 Å². The molecule has 0 aliphatic carbocycles. The van der Waals surface area contributed by atoms with E-state index in [0.29, 0.717) is 6.04 Å². The van der Waals surface area contributed by atoms with Crippen LogP contribution in [0.25, 0.3) is 0 Å². The van der Waals surface area contributed by atoms with Gasteiger partial charge in [-0.05, 0) is 19.8 Å². The van der Waals surface area contributed by atoms with Crippen LogP contribution in [0.3, 0.4) is 0 Å². The Morgan fingerprint density at radius 2 is 2.22 bits per heavy atom. The average Bonchev–Trinajstić information content (AvgIpc) is 2.64. The fourth-order valence-electron chi connectivity index (χ4n) is 2.52. The van der Waals surface area contributed by atoms with Gasteiger partial charge in [0.05, 0.1) is 12.1 Å². The fraction of sp³-hybridized carbons (Fsp3) is 0.923. The van der Waals surface area contributed by atoms with Gasteiger partial charge in [0.25, 0.3) is 0 Å². The minimum absolute atomic E-state index is 0.0724. The van der Waals surface area contributed by atoms with Gasteiger partial charge in [-0.2, -0.15) is 0 Å². The summed E-state index contributed by atoms with van der Waals surface area (Å²) in [6.07, 6.45) is 2.11. The number of hydrogen-bond donors (Lipinski definition) is 2. The normalized spacial score (nSPS) is 34.1. The van der Waals surface area contributed by atoms with E-state index in [2.05, 4.69) is 24.5 Å². The minimum Gasteiger partial charge on any atom is -0.376 e. The van der Waals surface area contributed by atoms with E-state index in [0.717, 1.165) is 45.6 Å². The molecule has 2 heterocycles. The lowest BCUT2D eigenvalue weighted by molar-refractivity contribution is -0.134. The zero-order chi connectivity index (χ0) is 13.0. The van der Waals surface area contributed by atoms with Gasteiger partial charge >= 0.3 is 0 Å². The molecule has 2 aliphatic rings. The van der Waals surface area contributed by atoms with E-state index >= 15 is 0 Å². The molecule has 2 rings (SSSR count). The summed E-state index contributed by atoms with van der Waals surface area (Å²) in [7, 11) is 0. The second-order valence-electron chi connectivity index (χ2n) is 5.31. The third-order valence-electron chi connectivity index (χ3n) is 3.76. The maximum absolute atomic E-state index is 12.4. The molecular formula is C13H25N3O2. The second-order valence-corrected chi connectivity index (χ2v) is 5.31. The maximum atomic E-state index is 12.4. The largest absolute Gasteiger partial charge is 0.376 e. The Hall–Kier alpha value is -0.650. The number of carbonyl (C=O) groups excluding carboxylic acids is 1. The van der Waals surface area contributed by atoms with Crippen LogP contribution in [-0.4, -0.2) is 61.8 Å². The van der Waals surface area contributed by atoms with Crippen LogP contribution < -0.4 is 10.6 Å². The highest BCUT2D eigenvalue weighted by Crippen LogP contribution is 2.10. The molecule has 0 aromatic carbocycles. The summed E-state index contributed by atoms with van der Waals surface area (Å²) in [5.74, 6) is 0.221.